The molecule has 3 N–H and O–H groups in total. The van der Waals surface area contributed by atoms with E-state index in [1.807, 2.05) is 0 Å². The lowest BCUT2D eigenvalue weighted by Gasteiger charge is -2.39. The molecule has 1 amide bonds. The minimum absolute atomic E-state index is 0.427. The summed E-state index contributed by atoms with van der Waals surface area (Å²) in [7, 11) is 0. The van der Waals surface area contributed by atoms with Gasteiger partial charge in [0.05, 0.1) is 5.69 Å². The van der Waals surface area contributed by atoms with Crippen molar-refractivity contribution in [1.82, 2.24) is 5.32 Å². The Morgan fingerprint density at radius 2 is 2.10 bits per heavy atom. The topological polar surface area (TPSA) is 70.6 Å². The summed E-state index contributed by atoms with van der Waals surface area (Å²) < 4.78 is 5.21. The van der Waals surface area contributed by atoms with Crippen LogP contribution >= 0.6 is 11.6 Å². The molecule has 20 heavy (non-hydrogen) atoms. The number of β-amino-alcohol motifs (C(OH)–C–C–N with tert-alkyl or cyclic N) is 1. The van der Waals surface area contributed by atoms with Crippen molar-refractivity contribution >= 4 is 23.4 Å². The van der Waals surface area contributed by atoms with Crippen LogP contribution in [0.1, 0.15) is 26.3 Å². The number of hydrogen-bond donors (Lipinski definition) is 3. The summed E-state index contributed by atoms with van der Waals surface area (Å²) in [5.41, 5.74) is -0.483. The van der Waals surface area contributed by atoms with Crippen molar-refractivity contribution in [3.63, 3.8) is 0 Å². The normalized spacial score (nSPS) is 17.2. The van der Waals surface area contributed by atoms with Crippen LogP contribution in [0.15, 0.2) is 18.2 Å². The number of anilines is 1. The summed E-state index contributed by atoms with van der Waals surface area (Å²) in [6.07, 6.45) is -0.558. The maximum Gasteiger partial charge on any atom is 0.412 e. The molecular weight excluding hydrogens is 280 g/mol. The Hall–Kier alpha value is -1.30. The number of rotatable bonds is 2. The summed E-state index contributed by atoms with van der Waals surface area (Å²) in [6.45, 7) is 6.23. The van der Waals surface area contributed by atoms with Crippen molar-refractivity contribution in [3.8, 4) is 0 Å². The molecule has 5 nitrogen and oxygen atoms in total. The van der Waals surface area contributed by atoms with E-state index in [1.165, 1.54) is 0 Å². The third-order valence-electron chi connectivity index (χ3n) is 2.95. The van der Waals surface area contributed by atoms with Gasteiger partial charge in [-0.05, 0) is 39.0 Å². The van der Waals surface area contributed by atoms with Crippen LogP contribution < -0.4 is 10.6 Å². The molecule has 0 unspecified atom stereocenters. The predicted molar refractivity (Wildman–Crippen MR) is 78.1 cm³/mol. The maximum atomic E-state index is 11.8. The second-order valence-electron chi connectivity index (χ2n) is 5.95. The molecule has 0 atom stereocenters. The summed E-state index contributed by atoms with van der Waals surface area (Å²) in [4.78, 5) is 11.8. The molecule has 1 saturated heterocycles. The lowest BCUT2D eigenvalue weighted by Crippen LogP contribution is -2.57. The third kappa shape index (κ3) is 3.42. The van der Waals surface area contributed by atoms with Crippen molar-refractivity contribution < 1.29 is 14.6 Å². The summed E-state index contributed by atoms with van der Waals surface area (Å²) >= 11 is 5.97. The van der Waals surface area contributed by atoms with E-state index < -0.39 is 17.3 Å². The first-order chi connectivity index (χ1) is 9.20. The number of halogens is 1. The van der Waals surface area contributed by atoms with Crippen LogP contribution in [0.25, 0.3) is 0 Å². The molecule has 1 aromatic carbocycles. The van der Waals surface area contributed by atoms with Gasteiger partial charge in [-0.25, -0.2) is 4.79 Å². The molecule has 1 heterocycles. The number of hydrogen-bond acceptors (Lipinski definition) is 4. The van der Waals surface area contributed by atoms with Crippen LogP contribution in [0.5, 0.6) is 0 Å². The quantitative estimate of drug-likeness (QED) is 0.784. The van der Waals surface area contributed by atoms with Gasteiger partial charge in [0.1, 0.15) is 11.2 Å². The van der Waals surface area contributed by atoms with Crippen molar-refractivity contribution in [3.05, 3.63) is 28.8 Å². The fourth-order valence-electron chi connectivity index (χ4n) is 1.98. The van der Waals surface area contributed by atoms with Crippen LogP contribution in [0.4, 0.5) is 10.5 Å². The average molecular weight is 299 g/mol. The fourth-order valence-corrected chi connectivity index (χ4v) is 2.15. The Kier molecular flexibility index (Phi) is 3.95. The van der Waals surface area contributed by atoms with Gasteiger partial charge in [-0.15, -0.1) is 0 Å². The van der Waals surface area contributed by atoms with Gasteiger partial charge >= 0.3 is 6.09 Å². The van der Waals surface area contributed by atoms with E-state index in [2.05, 4.69) is 10.6 Å². The highest BCUT2D eigenvalue weighted by Gasteiger charge is 2.38. The minimum Gasteiger partial charge on any atom is -0.444 e. The smallest absolute Gasteiger partial charge is 0.412 e. The fraction of sp³-hybridized carbons (Fsp3) is 0.500. The molecular formula is C14H19ClN2O3. The third-order valence-corrected chi connectivity index (χ3v) is 3.19. The number of nitrogens with one attached hydrogen (secondary N) is 2. The SMILES string of the molecule is CC(C)(C)OC(=O)Nc1ccc(Cl)cc1C1(O)CNC1. The monoisotopic (exact) mass is 298 g/mol. The molecule has 0 saturated carbocycles. The minimum atomic E-state index is -1.00. The number of carbonyl (C=O) groups is 1. The Morgan fingerprint density at radius 1 is 1.45 bits per heavy atom. The molecule has 0 aliphatic carbocycles. The van der Waals surface area contributed by atoms with Crippen molar-refractivity contribution in [1.29, 1.82) is 0 Å². The average Bonchev–Trinajstić information content (AvgIpc) is 2.26. The number of aliphatic hydroxyl groups is 1. The van der Waals surface area contributed by atoms with Gasteiger partial charge in [-0.1, -0.05) is 11.6 Å². The van der Waals surface area contributed by atoms with Gasteiger partial charge < -0.3 is 15.2 Å². The molecule has 0 aromatic heterocycles. The molecule has 2 rings (SSSR count). The number of ether oxygens (including phenoxy) is 1. The summed E-state index contributed by atoms with van der Waals surface area (Å²) in [5, 5.41) is 16.6. The largest absolute Gasteiger partial charge is 0.444 e. The highest BCUT2D eigenvalue weighted by atomic mass is 35.5. The molecule has 1 fully saturated rings. The van der Waals surface area contributed by atoms with E-state index in [0.29, 0.717) is 29.4 Å². The summed E-state index contributed by atoms with van der Waals surface area (Å²) in [6, 6.07) is 4.99. The molecule has 6 heteroatoms. The van der Waals surface area contributed by atoms with Gasteiger partial charge in [0, 0.05) is 23.7 Å². The van der Waals surface area contributed by atoms with E-state index in [4.69, 9.17) is 16.3 Å². The van der Waals surface area contributed by atoms with E-state index in [9.17, 15) is 9.90 Å². The summed E-state index contributed by atoms with van der Waals surface area (Å²) in [5.74, 6) is 0. The zero-order chi connectivity index (χ0) is 15.0. The first kappa shape index (κ1) is 15.1. The molecule has 0 spiro atoms. The van der Waals surface area contributed by atoms with Crippen LogP contribution in [0.2, 0.25) is 5.02 Å². The highest BCUT2D eigenvalue weighted by molar-refractivity contribution is 6.30. The van der Waals surface area contributed by atoms with Gasteiger partial charge in [0.25, 0.3) is 0 Å². The van der Waals surface area contributed by atoms with Gasteiger partial charge in [-0.2, -0.15) is 0 Å². The Labute approximate surface area is 123 Å². The Morgan fingerprint density at radius 3 is 2.60 bits per heavy atom. The van der Waals surface area contributed by atoms with Crippen molar-refractivity contribution in [2.45, 2.75) is 32.0 Å². The number of carbonyl (C=O) groups excluding carboxylic acids is 1. The first-order valence-corrected chi connectivity index (χ1v) is 6.81. The Balaban J connectivity index is 2.21. The lowest BCUT2D eigenvalue weighted by molar-refractivity contribution is -0.0140. The van der Waals surface area contributed by atoms with Crippen LogP contribution in [0, 0.1) is 0 Å². The zero-order valence-corrected chi connectivity index (χ0v) is 12.5. The lowest BCUT2D eigenvalue weighted by atomic mass is 9.87. The van der Waals surface area contributed by atoms with Gasteiger partial charge in [0.2, 0.25) is 0 Å². The van der Waals surface area contributed by atoms with Gasteiger partial charge in [-0.3, -0.25) is 5.32 Å². The van der Waals surface area contributed by atoms with E-state index in [1.54, 1.807) is 39.0 Å². The van der Waals surface area contributed by atoms with Crippen LogP contribution in [-0.4, -0.2) is 29.9 Å². The van der Waals surface area contributed by atoms with E-state index in [-0.39, 0.29) is 0 Å². The molecule has 0 radical (unpaired) electrons. The second-order valence-corrected chi connectivity index (χ2v) is 6.39. The first-order valence-electron chi connectivity index (χ1n) is 6.43. The molecule has 1 aromatic rings. The second kappa shape index (κ2) is 5.24. The predicted octanol–water partition coefficient (Wildman–Crippen LogP) is 2.48. The number of amides is 1. The zero-order valence-electron chi connectivity index (χ0n) is 11.8. The van der Waals surface area contributed by atoms with Crippen molar-refractivity contribution in [2.75, 3.05) is 18.4 Å². The van der Waals surface area contributed by atoms with Crippen molar-refractivity contribution in [2.24, 2.45) is 0 Å². The van der Waals surface area contributed by atoms with E-state index in [0.717, 1.165) is 0 Å². The van der Waals surface area contributed by atoms with Crippen LogP contribution in [0.3, 0.4) is 0 Å². The molecule has 1 aliphatic heterocycles. The van der Waals surface area contributed by atoms with Gasteiger partial charge in [0.15, 0.2) is 0 Å². The number of benzene rings is 1. The molecule has 0 bridgehead atoms. The highest BCUT2D eigenvalue weighted by Crippen LogP contribution is 2.33. The van der Waals surface area contributed by atoms with Crippen LogP contribution in [-0.2, 0) is 10.3 Å². The van der Waals surface area contributed by atoms with E-state index >= 15 is 0 Å². The maximum absolute atomic E-state index is 11.8. The standard InChI is InChI=1S/C14H19ClN2O3/c1-13(2,3)20-12(18)17-11-5-4-9(15)6-10(11)14(19)7-16-8-14/h4-6,16,19H,7-8H2,1-3H3,(H,17,18). The Bertz CT molecular complexity index is 522. The molecule has 1 aliphatic rings. The molecule has 110 valence electrons.